The average Bonchev–Trinajstić information content (AvgIpc) is 3.12. The quantitative estimate of drug-likeness (QED) is 0.723. The smallest absolute Gasteiger partial charge is 0.283 e. The molecule has 0 spiro atoms. The van der Waals surface area contributed by atoms with E-state index in [4.69, 9.17) is 4.74 Å². The monoisotopic (exact) mass is 386 g/mol. The van der Waals surface area contributed by atoms with Gasteiger partial charge in [0.15, 0.2) is 0 Å². The molecule has 1 aromatic carbocycles. The molecule has 0 aliphatic carbocycles. The van der Waals surface area contributed by atoms with E-state index in [1.165, 1.54) is 7.11 Å². The second-order valence-electron chi connectivity index (χ2n) is 7.64. The number of methoxy groups -OCH3 is 1. The predicted octanol–water partition coefficient (Wildman–Crippen LogP) is 3.88. The van der Waals surface area contributed by atoms with Crippen LogP contribution in [0.25, 0.3) is 10.9 Å². The van der Waals surface area contributed by atoms with Crippen molar-refractivity contribution in [3.05, 3.63) is 59.0 Å². The molecule has 5 nitrogen and oxygen atoms in total. The van der Waals surface area contributed by atoms with E-state index in [2.05, 4.69) is 15.2 Å². The van der Waals surface area contributed by atoms with Gasteiger partial charge >= 0.3 is 0 Å². The molecular weight excluding hydrogens is 362 g/mol. The van der Waals surface area contributed by atoms with Crippen LogP contribution in [0.15, 0.2) is 36.7 Å². The molecular formula is C21H24F2N4O. The highest BCUT2D eigenvalue weighted by atomic mass is 19.3. The summed E-state index contributed by atoms with van der Waals surface area (Å²) in [6.07, 6.45) is 4.28. The topological polar surface area (TPSA) is 54.0 Å². The Hall–Kier alpha value is -2.38. The van der Waals surface area contributed by atoms with Gasteiger partial charge in [0.2, 0.25) is 0 Å². The molecule has 0 fully saturated rings. The Morgan fingerprint density at radius 2 is 2.07 bits per heavy atom. The molecule has 0 saturated heterocycles. The number of aromatic nitrogens is 3. The molecule has 2 atom stereocenters. The van der Waals surface area contributed by atoms with Gasteiger partial charge in [-0.2, -0.15) is 5.10 Å². The van der Waals surface area contributed by atoms with Crippen LogP contribution in [0.1, 0.15) is 35.3 Å². The molecule has 4 rings (SSSR count). The van der Waals surface area contributed by atoms with E-state index in [0.717, 1.165) is 33.3 Å². The van der Waals surface area contributed by atoms with Gasteiger partial charge in [-0.05, 0) is 49.1 Å². The summed E-state index contributed by atoms with van der Waals surface area (Å²) in [5.41, 5.74) is 4.93. The van der Waals surface area contributed by atoms with Gasteiger partial charge in [-0.3, -0.25) is 15.0 Å². The van der Waals surface area contributed by atoms with Gasteiger partial charge < -0.3 is 4.74 Å². The number of benzene rings is 1. The fourth-order valence-electron chi connectivity index (χ4n) is 4.16. The van der Waals surface area contributed by atoms with Crippen molar-refractivity contribution in [1.82, 2.24) is 20.1 Å². The molecule has 148 valence electrons. The molecule has 3 heterocycles. The van der Waals surface area contributed by atoms with Gasteiger partial charge in [-0.1, -0.05) is 12.1 Å². The highest BCUT2D eigenvalue weighted by Crippen LogP contribution is 2.41. The number of H-pyrrole nitrogens is 1. The number of hydrogen-bond donors (Lipinski definition) is 1. The van der Waals surface area contributed by atoms with Gasteiger partial charge in [0.25, 0.3) is 5.92 Å². The van der Waals surface area contributed by atoms with Crippen LogP contribution in [0.4, 0.5) is 8.78 Å². The number of aromatic amines is 1. The van der Waals surface area contributed by atoms with Crippen LogP contribution in [0, 0.1) is 6.92 Å². The van der Waals surface area contributed by atoms with E-state index in [-0.39, 0.29) is 18.6 Å². The van der Waals surface area contributed by atoms with Crippen molar-refractivity contribution in [3.63, 3.8) is 0 Å². The maximum Gasteiger partial charge on any atom is 0.283 e. The SMILES string of the molecule is COCC(F)(F)CN1[C@H](c2ccc(C)cn2)c2ccc3[nH]ncc3c2C[C@H]1C. The minimum atomic E-state index is -2.94. The number of nitrogens with one attached hydrogen (secondary N) is 1. The molecule has 1 N–H and O–H groups in total. The van der Waals surface area contributed by atoms with E-state index in [9.17, 15) is 8.78 Å². The second kappa shape index (κ2) is 7.22. The third-order valence-electron chi connectivity index (χ3n) is 5.45. The van der Waals surface area contributed by atoms with Gasteiger partial charge in [0.1, 0.15) is 6.61 Å². The Bertz CT molecular complexity index is 970. The zero-order valence-corrected chi connectivity index (χ0v) is 16.2. The molecule has 0 radical (unpaired) electrons. The maximum absolute atomic E-state index is 14.5. The Balaban J connectivity index is 1.84. The molecule has 3 aromatic rings. The predicted molar refractivity (Wildman–Crippen MR) is 104 cm³/mol. The first-order chi connectivity index (χ1) is 13.4. The van der Waals surface area contributed by atoms with Crippen LogP contribution in [0.2, 0.25) is 0 Å². The van der Waals surface area contributed by atoms with Gasteiger partial charge in [-0.25, -0.2) is 8.78 Å². The summed E-state index contributed by atoms with van der Waals surface area (Å²) in [6, 6.07) is 7.45. The summed E-state index contributed by atoms with van der Waals surface area (Å²) < 4.78 is 33.8. The molecule has 0 bridgehead atoms. The number of rotatable bonds is 5. The van der Waals surface area contributed by atoms with Crippen molar-refractivity contribution in [2.24, 2.45) is 0 Å². The minimum Gasteiger partial charge on any atom is -0.378 e. The van der Waals surface area contributed by atoms with Crippen molar-refractivity contribution >= 4 is 10.9 Å². The highest BCUT2D eigenvalue weighted by molar-refractivity contribution is 5.83. The van der Waals surface area contributed by atoms with Crippen LogP contribution in [-0.2, 0) is 11.2 Å². The van der Waals surface area contributed by atoms with E-state index in [0.29, 0.717) is 6.42 Å². The first-order valence-corrected chi connectivity index (χ1v) is 9.39. The van der Waals surface area contributed by atoms with E-state index >= 15 is 0 Å². The lowest BCUT2D eigenvalue weighted by atomic mass is 9.84. The van der Waals surface area contributed by atoms with Crippen LogP contribution in [0.3, 0.4) is 0 Å². The minimum absolute atomic E-state index is 0.0798. The second-order valence-corrected chi connectivity index (χ2v) is 7.64. The summed E-state index contributed by atoms with van der Waals surface area (Å²) in [7, 11) is 1.30. The number of aryl methyl sites for hydroxylation is 1. The van der Waals surface area contributed by atoms with Gasteiger partial charge in [0, 0.05) is 24.7 Å². The van der Waals surface area contributed by atoms with Gasteiger partial charge in [0.05, 0.1) is 30.0 Å². The lowest BCUT2D eigenvalue weighted by molar-refractivity contribution is -0.0962. The number of alkyl halides is 2. The number of fused-ring (bicyclic) bond motifs is 3. The van der Waals surface area contributed by atoms with Crippen LogP contribution >= 0.6 is 0 Å². The van der Waals surface area contributed by atoms with E-state index < -0.39 is 12.5 Å². The Morgan fingerprint density at radius 3 is 2.79 bits per heavy atom. The molecule has 0 unspecified atom stereocenters. The average molecular weight is 386 g/mol. The molecule has 0 saturated carbocycles. The molecule has 7 heteroatoms. The highest BCUT2D eigenvalue weighted by Gasteiger charge is 2.41. The lowest BCUT2D eigenvalue weighted by Gasteiger charge is -2.43. The van der Waals surface area contributed by atoms with Crippen molar-refractivity contribution < 1.29 is 13.5 Å². The van der Waals surface area contributed by atoms with Crippen molar-refractivity contribution in [2.75, 3.05) is 20.3 Å². The molecule has 2 aromatic heterocycles. The van der Waals surface area contributed by atoms with Crippen LogP contribution < -0.4 is 0 Å². The first kappa shape index (κ1) is 19.0. The number of nitrogens with zero attached hydrogens (tertiary/aromatic N) is 3. The van der Waals surface area contributed by atoms with Crippen LogP contribution in [-0.4, -0.2) is 52.3 Å². The zero-order chi connectivity index (χ0) is 19.9. The summed E-state index contributed by atoms with van der Waals surface area (Å²) in [5, 5.41) is 8.20. The fraction of sp³-hybridized carbons (Fsp3) is 0.429. The van der Waals surface area contributed by atoms with E-state index in [1.807, 2.05) is 49.2 Å². The maximum atomic E-state index is 14.5. The summed E-state index contributed by atoms with van der Waals surface area (Å²) in [5.74, 6) is -2.94. The summed E-state index contributed by atoms with van der Waals surface area (Å²) >= 11 is 0. The molecule has 1 aliphatic heterocycles. The standard InChI is InChI=1S/C21H24F2N4O/c1-13-4-6-19(24-9-13)20-15-5-7-18-17(10-25-26-18)16(15)8-14(2)27(20)11-21(22,23)12-28-3/h4-7,9-10,14,20H,8,11-12H2,1-3H3,(H,25,26)/t14-,20+/m1/s1. The van der Waals surface area contributed by atoms with E-state index in [1.54, 1.807) is 6.20 Å². The molecule has 1 aliphatic rings. The third kappa shape index (κ3) is 3.40. The fourth-order valence-corrected chi connectivity index (χ4v) is 4.16. The first-order valence-electron chi connectivity index (χ1n) is 9.39. The number of halogens is 2. The zero-order valence-electron chi connectivity index (χ0n) is 16.2. The lowest BCUT2D eigenvalue weighted by Crippen LogP contribution is -2.49. The van der Waals surface area contributed by atoms with Gasteiger partial charge in [-0.15, -0.1) is 0 Å². The Labute approximate surface area is 162 Å². The third-order valence-corrected chi connectivity index (χ3v) is 5.45. The largest absolute Gasteiger partial charge is 0.378 e. The van der Waals surface area contributed by atoms with Crippen molar-refractivity contribution in [3.8, 4) is 0 Å². The Kier molecular flexibility index (Phi) is 4.89. The summed E-state index contributed by atoms with van der Waals surface area (Å²) in [6.45, 7) is 2.97. The van der Waals surface area contributed by atoms with Crippen molar-refractivity contribution in [2.45, 2.75) is 38.3 Å². The van der Waals surface area contributed by atoms with Crippen LogP contribution in [0.5, 0.6) is 0 Å². The molecule has 28 heavy (non-hydrogen) atoms. The van der Waals surface area contributed by atoms with Crippen molar-refractivity contribution in [1.29, 1.82) is 0 Å². The number of ether oxygens (including phenoxy) is 1. The normalized spacial score (nSPS) is 20.5. The molecule has 0 amide bonds. The summed E-state index contributed by atoms with van der Waals surface area (Å²) in [4.78, 5) is 6.44. The Morgan fingerprint density at radius 1 is 1.25 bits per heavy atom. The number of hydrogen-bond acceptors (Lipinski definition) is 4. The number of pyridine rings is 1.